The quantitative estimate of drug-likeness (QED) is 0.160. The molecule has 0 amide bonds. The summed E-state index contributed by atoms with van der Waals surface area (Å²) < 4.78 is 71.8. The number of benzene rings is 2. The molecule has 9 heteroatoms. The highest BCUT2D eigenvalue weighted by atomic mass is 19.2. The van der Waals surface area contributed by atoms with E-state index >= 15 is 0 Å². The molecule has 1 heterocycles. The first-order chi connectivity index (χ1) is 13.3. The first-order valence-corrected chi connectivity index (χ1v) is 7.81. The Labute approximate surface area is 155 Å². The third kappa shape index (κ3) is 3.64. The van der Waals surface area contributed by atoms with Gasteiger partial charge in [-0.15, -0.1) is 0 Å². The molecule has 0 saturated heterocycles. The highest BCUT2D eigenvalue weighted by molar-refractivity contribution is 5.94. The second-order valence-electron chi connectivity index (χ2n) is 5.65. The van der Waals surface area contributed by atoms with Gasteiger partial charge in [0.25, 0.3) is 0 Å². The standard InChI is InChI=1S/C19H11F5N2O2/c1-9(27)10-2-4-11(5-3-10)13-7-6-12(28-13)8-25-26-19-17(23)15(21)14(20)16(22)18(19)24/h2-8,26H,1H3. The Morgan fingerprint density at radius 2 is 1.46 bits per heavy atom. The molecule has 3 rings (SSSR count). The third-order valence-corrected chi connectivity index (χ3v) is 3.78. The number of nitrogens with zero attached hydrogens (tertiary/aromatic N) is 1. The molecule has 1 aromatic heterocycles. The van der Waals surface area contributed by atoms with Crippen molar-refractivity contribution in [3.63, 3.8) is 0 Å². The van der Waals surface area contributed by atoms with Gasteiger partial charge in [0.1, 0.15) is 17.2 Å². The van der Waals surface area contributed by atoms with Gasteiger partial charge in [-0.1, -0.05) is 24.3 Å². The second kappa shape index (κ2) is 7.63. The van der Waals surface area contributed by atoms with E-state index in [-0.39, 0.29) is 11.5 Å². The lowest BCUT2D eigenvalue weighted by molar-refractivity contribution is 0.101. The molecule has 0 fully saturated rings. The minimum Gasteiger partial charge on any atom is -0.455 e. The SMILES string of the molecule is CC(=O)c1ccc(-c2ccc(C=NNc3c(F)c(F)c(F)c(F)c3F)o2)cc1. The van der Waals surface area contributed by atoms with Gasteiger partial charge < -0.3 is 4.42 Å². The Morgan fingerprint density at radius 1 is 0.893 bits per heavy atom. The van der Waals surface area contributed by atoms with Crippen molar-refractivity contribution in [3.05, 3.63) is 76.8 Å². The van der Waals surface area contributed by atoms with Crippen LogP contribution >= 0.6 is 0 Å². The number of rotatable bonds is 5. The largest absolute Gasteiger partial charge is 0.455 e. The number of furan rings is 1. The summed E-state index contributed by atoms with van der Waals surface area (Å²) in [6.07, 6.45) is 1.01. The number of hydrazone groups is 1. The van der Waals surface area contributed by atoms with E-state index in [1.807, 2.05) is 0 Å². The zero-order valence-electron chi connectivity index (χ0n) is 14.2. The minimum atomic E-state index is -2.25. The van der Waals surface area contributed by atoms with Gasteiger partial charge in [0, 0.05) is 11.1 Å². The molecule has 144 valence electrons. The fraction of sp³-hybridized carbons (Fsp3) is 0.0526. The van der Waals surface area contributed by atoms with Crippen LogP contribution in [0.25, 0.3) is 11.3 Å². The predicted octanol–water partition coefficient (Wildman–Crippen LogP) is 5.29. The minimum absolute atomic E-state index is 0.0852. The van der Waals surface area contributed by atoms with Gasteiger partial charge in [-0.2, -0.15) is 5.10 Å². The molecular formula is C19H11F5N2O2. The van der Waals surface area contributed by atoms with E-state index in [4.69, 9.17) is 4.42 Å². The Morgan fingerprint density at radius 3 is 2.04 bits per heavy atom. The number of carbonyl (C=O) groups is 1. The normalized spacial score (nSPS) is 11.2. The van der Waals surface area contributed by atoms with Crippen molar-refractivity contribution in [1.29, 1.82) is 0 Å². The summed E-state index contributed by atoms with van der Waals surface area (Å²) in [5, 5.41) is 3.44. The highest BCUT2D eigenvalue weighted by Gasteiger charge is 2.25. The van der Waals surface area contributed by atoms with Gasteiger partial charge in [-0.05, 0) is 19.1 Å². The van der Waals surface area contributed by atoms with Crippen LogP contribution in [-0.4, -0.2) is 12.0 Å². The molecule has 0 spiro atoms. The van der Waals surface area contributed by atoms with E-state index in [0.717, 1.165) is 6.21 Å². The molecule has 0 bridgehead atoms. The molecule has 2 aromatic carbocycles. The molecule has 0 aliphatic heterocycles. The molecule has 0 saturated carbocycles. The van der Waals surface area contributed by atoms with Gasteiger partial charge in [-0.3, -0.25) is 10.2 Å². The van der Waals surface area contributed by atoms with Crippen LogP contribution in [-0.2, 0) is 0 Å². The highest BCUT2D eigenvalue weighted by Crippen LogP contribution is 2.27. The van der Waals surface area contributed by atoms with Crippen LogP contribution in [0.5, 0.6) is 0 Å². The molecule has 3 aromatic rings. The van der Waals surface area contributed by atoms with Crippen LogP contribution in [0.15, 0.2) is 45.9 Å². The van der Waals surface area contributed by atoms with Gasteiger partial charge in [0.15, 0.2) is 29.1 Å². The zero-order valence-corrected chi connectivity index (χ0v) is 14.2. The Bertz CT molecular complexity index is 1050. The summed E-state index contributed by atoms with van der Waals surface area (Å²) in [5.74, 6) is -9.97. The van der Waals surface area contributed by atoms with Crippen LogP contribution in [0, 0.1) is 29.1 Å². The van der Waals surface area contributed by atoms with E-state index in [1.165, 1.54) is 13.0 Å². The summed E-state index contributed by atoms with van der Waals surface area (Å²) in [6, 6.07) is 9.66. The van der Waals surface area contributed by atoms with Crippen LogP contribution < -0.4 is 5.43 Å². The van der Waals surface area contributed by atoms with Crippen molar-refractivity contribution >= 4 is 17.7 Å². The number of nitrogens with one attached hydrogen (secondary N) is 1. The maximum atomic E-state index is 13.5. The van der Waals surface area contributed by atoms with Crippen molar-refractivity contribution in [1.82, 2.24) is 0 Å². The molecular weight excluding hydrogens is 383 g/mol. The Kier molecular flexibility index (Phi) is 5.25. The number of anilines is 1. The van der Waals surface area contributed by atoms with Crippen LogP contribution in [0.2, 0.25) is 0 Å². The monoisotopic (exact) mass is 394 g/mol. The van der Waals surface area contributed by atoms with Gasteiger partial charge >= 0.3 is 0 Å². The van der Waals surface area contributed by atoms with E-state index in [9.17, 15) is 26.7 Å². The molecule has 1 N–H and O–H groups in total. The van der Waals surface area contributed by atoms with Crippen molar-refractivity contribution < 1.29 is 31.2 Å². The van der Waals surface area contributed by atoms with Crippen molar-refractivity contribution in [2.24, 2.45) is 5.10 Å². The van der Waals surface area contributed by atoms with E-state index in [1.54, 1.807) is 35.8 Å². The van der Waals surface area contributed by atoms with Gasteiger partial charge in [0.2, 0.25) is 5.82 Å². The summed E-state index contributed by atoms with van der Waals surface area (Å²) >= 11 is 0. The molecule has 28 heavy (non-hydrogen) atoms. The fourth-order valence-corrected chi connectivity index (χ4v) is 2.31. The van der Waals surface area contributed by atoms with Crippen LogP contribution in [0.1, 0.15) is 23.0 Å². The summed E-state index contributed by atoms with van der Waals surface area (Å²) in [6.45, 7) is 1.44. The summed E-state index contributed by atoms with van der Waals surface area (Å²) in [7, 11) is 0. The van der Waals surface area contributed by atoms with Crippen molar-refractivity contribution in [3.8, 4) is 11.3 Å². The number of hydrogen-bond acceptors (Lipinski definition) is 4. The maximum absolute atomic E-state index is 13.5. The smallest absolute Gasteiger partial charge is 0.200 e. The van der Waals surface area contributed by atoms with Crippen molar-refractivity contribution in [2.45, 2.75) is 6.92 Å². The second-order valence-corrected chi connectivity index (χ2v) is 5.65. The maximum Gasteiger partial charge on any atom is 0.200 e. The average molecular weight is 394 g/mol. The number of halogens is 5. The number of carbonyl (C=O) groups excluding carboxylic acids is 1. The van der Waals surface area contributed by atoms with E-state index in [2.05, 4.69) is 5.10 Å². The van der Waals surface area contributed by atoms with E-state index in [0.29, 0.717) is 16.9 Å². The van der Waals surface area contributed by atoms with Crippen LogP contribution in [0.3, 0.4) is 0 Å². The molecule has 0 radical (unpaired) electrons. The lowest BCUT2D eigenvalue weighted by Gasteiger charge is -2.06. The first kappa shape index (κ1) is 19.3. The average Bonchev–Trinajstić information content (AvgIpc) is 3.16. The fourth-order valence-electron chi connectivity index (χ4n) is 2.31. The van der Waals surface area contributed by atoms with E-state index < -0.39 is 34.8 Å². The number of ketones is 1. The molecule has 0 unspecified atom stereocenters. The van der Waals surface area contributed by atoms with Gasteiger partial charge in [0.05, 0.1) is 6.21 Å². The molecule has 0 aliphatic rings. The summed E-state index contributed by atoms with van der Waals surface area (Å²) in [4.78, 5) is 11.3. The van der Waals surface area contributed by atoms with Crippen LogP contribution in [0.4, 0.5) is 27.6 Å². The molecule has 0 aliphatic carbocycles. The summed E-state index contributed by atoms with van der Waals surface area (Å²) in [5.41, 5.74) is 1.70. The number of hydrogen-bond donors (Lipinski definition) is 1. The Hall–Kier alpha value is -3.49. The third-order valence-electron chi connectivity index (χ3n) is 3.78. The Balaban J connectivity index is 1.77. The first-order valence-electron chi connectivity index (χ1n) is 7.81. The lowest BCUT2D eigenvalue weighted by atomic mass is 10.1. The lowest BCUT2D eigenvalue weighted by Crippen LogP contribution is -2.06. The zero-order chi connectivity index (χ0) is 20.4. The molecule has 0 atom stereocenters. The van der Waals surface area contributed by atoms with Crippen molar-refractivity contribution in [2.75, 3.05) is 5.43 Å². The number of Topliss-reactive ketones (excluding diaryl/α,β-unsaturated/α-hetero) is 1. The predicted molar refractivity (Wildman–Crippen MR) is 91.6 cm³/mol. The van der Waals surface area contributed by atoms with Gasteiger partial charge in [-0.25, -0.2) is 22.0 Å². The molecule has 4 nitrogen and oxygen atoms in total. The topological polar surface area (TPSA) is 54.6 Å².